The third-order valence-electron chi connectivity index (χ3n) is 2.58. The molecular weight excluding hydrogens is 254 g/mol. The van der Waals surface area contributed by atoms with Crippen molar-refractivity contribution in [3.8, 4) is 0 Å². The van der Waals surface area contributed by atoms with Crippen molar-refractivity contribution in [3.63, 3.8) is 0 Å². The van der Waals surface area contributed by atoms with Gasteiger partial charge >= 0.3 is 12.1 Å². The lowest BCUT2D eigenvalue weighted by Gasteiger charge is -2.28. The second kappa shape index (κ2) is 4.93. The Morgan fingerprint density at radius 3 is 2.33 bits per heavy atom. The zero-order chi connectivity index (χ0) is 14.0. The van der Waals surface area contributed by atoms with Crippen LogP contribution in [0.15, 0.2) is 24.3 Å². The van der Waals surface area contributed by atoms with Crippen LogP contribution in [0.4, 0.5) is 17.6 Å². The molecule has 0 saturated carbocycles. The van der Waals surface area contributed by atoms with Crippen molar-refractivity contribution in [2.24, 2.45) is 0 Å². The summed E-state index contributed by atoms with van der Waals surface area (Å²) < 4.78 is 51.1. The molecule has 1 unspecified atom stereocenters. The fourth-order valence-electron chi connectivity index (χ4n) is 1.21. The van der Waals surface area contributed by atoms with Gasteiger partial charge in [-0.2, -0.15) is 13.2 Å². The molecule has 3 nitrogen and oxygen atoms in total. The minimum absolute atomic E-state index is 0.0331. The van der Waals surface area contributed by atoms with E-state index < -0.39 is 30.0 Å². The minimum Gasteiger partial charge on any atom is -0.480 e. The summed E-state index contributed by atoms with van der Waals surface area (Å²) >= 11 is 0. The van der Waals surface area contributed by atoms with Gasteiger partial charge < -0.3 is 5.11 Å². The van der Waals surface area contributed by atoms with Crippen LogP contribution < -0.4 is 5.32 Å². The van der Waals surface area contributed by atoms with Crippen LogP contribution in [0.5, 0.6) is 0 Å². The molecule has 0 aliphatic carbocycles. The molecule has 0 heterocycles. The Hall–Kier alpha value is -1.63. The van der Waals surface area contributed by atoms with Crippen LogP contribution in [0, 0.1) is 5.82 Å². The Labute approximate surface area is 100 Å². The molecule has 1 atom stereocenters. The molecule has 1 rings (SSSR count). The molecule has 0 fully saturated rings. The molecule has 18 heavy (non-hydrogen) atoms. The first-order chi connectivity index (χ1) is 8.18. The van der Waals surface area contributed by atoms with Crippen LogP contribution in [0.2, 0.25) is 0 Å². The first kappa shape index (κ1) is 14.4. The molecule has 0 aromatic heterocycles. The average Bonchev–Trinajstić information content (AvgIpc) is 2.25. The molecule has 7 heteroatoms. The number of aliphatic carboxylic acids is 1. The van der Waals surface area contributed by atoms with E-state index in [1.54, 1.807) is 0 Å². The number of nitrogens with one attached hydrogen (secondary N) is 1. The van der Waals surface area contributed by atoms with Gasteiger partial charge in [-0.05, 0) is 13.0 Å². The lowest BCUT2D eigenvalue weighted by atomic mass is 10.0. The standard InChI is InChI=1S/C11H11F4NO2/c1-10(9(17)18,11(13,14)15)16-6-7-4-2-3-5-8(7)12/h2-5,16H,6H2,1H3,(H,17,18). The van der Waals surface area contributed by atoms with E-state index in [-0.39, 0.29) is 5.56 Å². The summed E-state index contributed by atoms with van der Waals surface area (Å²) in [4.78, 5) is 10.7. The Bertz CT molecular complexity index is 447. The molecule has 0 bridgehead atoms. The molecule has 0 aliphatic rings. The fraction of sp³-hybridized carbons (Fsp3) is 0.364. The lowest BCUT2D eigenvalue weighted by molar-refractivity contribution is -0.206. The summed E-state index contributed by atoms with van der Waals surface area (Å²) in [6, 6.07) is 5.20. The topological polar surface area (TPSA) is 49.3 Å². The van der Waals surface area contributed by atoms with Crippen molar-refractivity contribution in [1.82, 2.24) is 5.32 Å². The number of carboxylic acid groups (broad SMARTS) is 1. The van der Waals surface area contributed by atoms with Crippen LogP contribution in [0.25, 0.3) is 0 Å². The fourth-order valence-corrected chi connectivity index (χ4v) is 1.21. The van der Waals surface area contributed by atoms with Gasteiger partial charge in [0.1, 0.15) is 5.82 Å². The number of hydrogen-bond donors (Lipinski definition) is 2. The molecule has 0 spiro atoms. The highest BCUT2D eigenvalue weighted by atomic mass is 19.4. The van der Waals surface area contributed by atoms with Crippen LogP contribution in [0.1, 0.15) is 12.5 Å². The number of benzene rings is 1. The SMILES string of the molecule is CC(NCc1ccccc1F)(C(=O)O)C(F)(F)F. The third kappa shape index (κ3) is 2.79. The van der Waals surface area contributed by atoms with E-state index in [4.69, 9.17) is 5.11 Å². The monoisotopic (exact) mass is 265 g/mol. The van der Waals surface area contributed by atoms with E-state index in [2.05, 4.69) is 0 Å². The Balaban J connectivity index is 2.89. The summed E-state index contributed by atoms with van der Waals surface area (Å²) in [5, 5.41) is 10.5. The third-order valence-corrected chi connectivity index (χ3v) is 2.58. The molecule has 1 aromatic carbocycles. The zero-order valence-electron chi connectivity index (χ0n) is 9.38. The van der Waals surface area contributed by atoms with Crippen molar-refractivity contribution >= 4 is 5.97 Å². The number of hydrogen-bond acceptors (Lipinski definition) is 2. The van der Waals surface area contributed by atoms with Crippen LogP contribution in [0.3, 0.4) is 0 Å². The molecular formula is C11H11F4NO2. The van der Waals surface area contributed by atoms with Crippen molar-refractivity contribution in [2.75, 3.05) is 0 Å². The maximum Gasteiger partial charge on any atom is 0.417 e. The quantitative estimate of drug-likeness (QED) is 0.821. The zero-order valence-corrected chi connectivity index (χ0v) is 9.38. The number of carbonyl (C=O) groups is 1. The number of alkyl halides is 3. The number of halogens is 4. The van der Waals surface area contributed by atoms with E-state index in [1.165, 1.54) is 18.2 Å². The van der Waals surface area contributed by atoms with Gasteiger partial charge in [-0.15, -0.1) is 0 Å². The smallest absolute Gasteiger partial charge is 0.417 e. The van der Waals surface area contributed by atoms with Crippen LogP contribution in [-0.4, -0.2) is 22.8 Å². The van der Waals surface area contributed by atoms with Gasteiger partial charge in [-0.1, -0.05) is 18.2 Å². The van der Waals surface area contributed by atoms with Gasteiger partial charge in [0.2, 0.25) is 5.54 Å². The highest BCUT2D eigenvalue weighted by molar-refractivity contribution is 5.79. The van der Waals surface area contributed by atoms with E-state index in [1.807, 2.05) is 5.32 Å². The lowest BCUT2D eigenvalue weighted by Crippen LogP contribution is -2.59. The minimum atomic E-state index is -4.98. The van der Waals surface area contributed by atoms with Gasteiger partial charge in [0, 0.05) is 12.1 Å². The Morgan fingerprint density at radius 2 is 1.89 bits per heavy atom. The van der Waals surface area contributed by atoms with Crippen molar-refractivity contribution < 1.29 is 27.5 Å². The second-order valence-corrected chi connectivity index (χ2v) is 3.87. The van der Waals surface area contributed by atoms with Crippen molar-refractivity contribution in [3.05, 3.63) is 35.6 Å². The molecule has 0 radical (unpaired) electrons. The molecule has 100 valence electrons. The number of carboxylic acids is 1. The Kier molecular flexibility index (Phi) is 3.95. The first-order valence-corrected chi connectivity index (χ1v) is 4.97. The van der Waals surface area contributed by atoms with Crippen LogP contribution in [-0.2, 0) is 11.3 Å². The van der Waals surface area contributed by atoms with Crippen molar-refractivity contribution in [1.29, 1.82) is 0 Å². The predicted octanol–water partition coefficient (Wildman–Crippen LogP) is 2.32. The molecule has 0 aliphatic heterocycles. The highest BCUT2D eigenvalue weighted by Crippen LogP contribution is 2.30. The number of rotatable bonds is 4. The maximum absolute atomic E-state index is 13.2. The van der Waals surface area contributed by atoms with Crippen LogP contribution >= 0.6 is 0 Å². The summed E-state index contributed by atoms with van der Waals surface area (Å²) in [5.41, 5.74) is -3.15. The predicted molar refractivity (Wildman–Crippen MR) is 55.3 cm³/mol. The largest absolute Gasteiger partial charge is 0.480 e. The summed E-state index contributed by atoms with van der Waals surface area (Å²) in [7, 11) is 0. The molecule has 1 aromatic rings. The summed E-state index contributed by atoms with van der Waals surface area (Å²) in [6.07, 6.45) is -4.98. The van der Waals surface area contributed by atoms with Crippen molar-refractivity contribution in [2.45, 2.75) is 25.2 Å². The van der Waals surface area contributed by atoms with Gasteiger partial charge in [-0.3, -0.25) is 5.32 Å². The summed E-state index contributed by atoms with van der Waals surface area (Å²) in [6.45, 7) is -0.0365. The molecule has 0 amide bonds. The van der Waals surface area contributed by atoms with Gasteiger partial charge in [0.15, 0.2) is 0 Å². The van der Waals surface area contributed by atoms with E-state index in [0.717, 1.165) is 6.07 Å². The second-order valence-electron chi connectivity index (χ2n) is 3.87. The highest BCUT2D eigenvalue weighted by Gasteiger charge is 2.57. The normalized spacial score (nSPS) is 15.2. The average molecular weight is 265 g/mol. The van der Waals surface area contributed by atoms with Gasteiger partial charge in [0.25, 0.3) is 0 Å². The van der Waals surface area contributed by atoms with E-state index in [9.17, 15) is 22.4 Å². The van der Waals surface area contributed by atoms with Gasteiger partial charge in [0.05, 0.1) is 0 Å². The first-order valence-electron chi connectivity index (χ1n) is 4.97. The van der Waals surface area contributed by atoms with E-state index in [0.29, 0.717) is 6.92 Å². The van der Waals surface area contributed by atoms with E-state index >= 15 is 0 Å². The summed E-state index contributed by atoms with van der Waals surface area (Å²) in [5.74, 6) is -2.76. The molecule has 0 saturated heterocycles. The molecule has 2 N–H and O–H groups in total. The van der Waals surface area contributed by atoms with Gasteiger partial charge in [-0.25, -0.2) is 9.18 Å². The maximum atomic E-state index is 13.2. The Morgan fingerprint density at radius 1 is 1.33 bits per heavy atom.